The van der Waals surface area contributed by atoms with Gasteiger partial charge < -0.3 is 19.9 Å². The lowest BCUT2D eigenvalue weighted by molar-refractivity contribution is -0.151. The summed E-state index contributed by atoms with van der Waals surface area (Å²) in [7, 11) is 1.59. The largest absolute Gasteiger partial charge is 0.497 e. The molecule has 1 saturated carbocycles. The van der Waals surface area contributed by atoms with Gasteiger partial charge in [-0.25, -0.2) is 0 Å². The van der Waals surface area contributed by atoms with Gasteiger partial charge in [-0.1, -0.05) is 42.5 Å². The Morgan fingerprint density at radius 3 is 2.28 bits per heavy atom. The molecule has 0 saturated heterocycles. The van der Waals surface area contributed by atoms with Gasteiger partial charge in [0.25, 0.3) is 0 Å². The molecule has 2 atom stereocenters. The van der Waals surface area contributed by atoms with Crippen molar-refractivity contribution in [2.24, 2.45) is 11.8 Å². The number of Topliss-reactive ketones (excluding diaryl/α,β-unsaturated/α-hetero) is 1. The first-order valence-electron chi connectivity index (χ1n) is 12.6. The fourth-order valence-corrected chi connectivity index (χ4v) is 4.46. The van der Waals surface area contributed by atoms with Crippen molar-refractivity contribution in [1.82, 2.24) is 5.32 Å². The Balaban J connectivity index is 1.62. The van der Waals surface area contributed by atoms with Gasteiger partial charge in [-0.15, -0.1) is 0 Å². The topological polar surface area (TPSA) is 102 Å². The molecule has 0 heterocycles. The second-order valence-corrected chi connectivity index (χ2v) is 10.0. The Morgan fingerprint density at radius 2 is 1.67 bits per heavy atom. The predicted octanol–water partition coefficient (Wildman–Crippen LogP) is 4.00. The van der Waals surface area contributed by atoms with Crippen LogP contribution < -0.4 is 10.1 Å². The van der Waals surface area contributed by atoms with E-state index in [1.807, 2.05) is 54.6 Å². The number of amides is 1. The van der Waals surface area contributed by atoms with Crippen LogP contribution >= 0.6 is 0 Å². The summed E-state index contributed by atoms with van der Waals surface area (Å²) in [6.07, 6.45) is 2.59. The molecule has 0 bridgehead atoms. The van der Waals surface area contributed by atoms with Crippen molar-refractivity contribution >= 4 is 17.7 Å². The molecule has 0 aliphatic heterocycles. The van der Waals surface area contributed by atoms with E-state index in [4.69, 9.17) is 9.47 Å². The van der Waals surface area contributed by atoms with Crippen molar-refractivity contribution in [3.8, 4) is 5.75 Å². The SMILES string of the molecule is COc1ccc(C[C@H](CC(=O)[C@@H](C)NC(=O)C2CCC(C)(O)CC2)C(=O)OCc2ccccc2)cc1. The van der Waals surface area contributed by atoms with Crippen LogP contribution in [0.15, 0.2) is 54.6 Å². The Morgan fingerprint density at radius 1 is 1.03 bits per heavy atom. The fraction of sp³-hybridized carbons (Fsp3) is 0.483. The summed E-state index contributed by atoms with van der Waals surface area (Å²) in [6, 6.07) is 16.0. The van der Waals surface area contributed by atoms with E-state index in [1.54, 1.807) is 21.0 Å². The molecule has 1 aliphatic carbocycles. The van der Waals surface area contributed by atoms with Crippen LogP contribution in [0.1, 0.15) is 57.1 Å². The molecule has 1 aliphatic rings. The van der Waals surface area contributed by atoms with Gasteiger partial charge in [-0.3, -0.25) is 14.4 Å². The van der Waals surface area contributed by atoms with Gasteiger partial charge in [-0.2, -0.15) is 0 Å². The maximum absolute atomic E-state index is 13.1. The van der Waals surface area contributed by atoms with Crippen LogP contribution in [0, 0.1) is 11.8 Å². The maximum atomic E-state index is 13.1. The van der Waals surface area contributed by atoms with Crippen molar-refractivity contribution in [2.75, 3.05) is 7.11 Å². The van der Waals surface area contributed by atoms with E-state index >= 15 is 0 Å². The average molecular weight is 496 g/mol. The molecule has 1 fully saturated rings. The van der Waals surface area contributed by atoms with Crippen molar-refractivity contribution in [2.45, 2.75) is 70.6 Å². The van der Waals surface area contributed by atoms with Gasteiger partial charge in [0.1, 0.15) is 12.4 Å². The van der Waals surface area contributed by atoms with Gasteiger partial charge in [0.05, 0.1) is 24.7 Å². The zero-order valence-corrected chi connectivity index (χ0v) is 21.4. The van der Waals surface area contributed by atoms with E-state index in [2.05, 4.69) is 5.32 Å². The first-order chi connectivity index (χ1) is 17.2. The standard InChI is InChI=1S/C29H37NO6/c1-20(30-27(32)23-13-15-29(2,34)16-14-23)26(31)18-24(17-21-9-11-25(35-3)12-10-21)28(33)36-19-22-7-5-4-6-8-22/h4-12,20,23-24,34H,13-19H2,1-3H3,(H,30,32)/t20-,23?,24-,29?/m1/s1. The smallest absolute Gasteiger partial charge is 0.310 e. The van der Waals surface area contributed by atoms with E-state index in [1.165, 1.54) is 0 Å². The highest BCUT2D eigenvalue weighted by molar-refractivity contribution is 5.91. The van der Waals surface area contributed by atoms with Crippen LogP contribution in [0.4, 0.5) is 0 Å². The van der Waals surface area contributed by atoms with E-state index in [-0.39, 0.29) is 30.6 Å². The van der Waals surface area contributed by atoms with Crippen molar-refractivity contribution < 1.29 is 29.0 Å². The van der Waals surface area contributed by atoms with Crippen LogP contribution in [0.5, 0.6) is 5.75 Å². The summed E-state index contributed by atoms with van der Waals surface area (Å²) in [5.41, 5.74) is 1.02. The van der Waals surface area contributed by atoms with Gasteiger partial charge in [0.15, 0.2) is 5.78 Å². The molecule has 0 spiro atoms. The molecule has 1 amide bonds. The van der Waals surface area contributed by atoms with Crippen LogP contribution in [-0.4, -0.2) is 41.5 Å². The second kappa shape index (κ2) is 12.7. The van der Waals surface area contributed by atoms with E-state index in [9.17, 15) is 19.5 Å². The normalized spacial score (nSPS) is 21.2. The van der Waals surface area contributed by atoms with E-state index < -0.39 is 23.5 Å². The molecular formula is C29H37NO6. The Labute approximate surface area is 213 Å². The third-order valence-corrected chi connectivity index (χ3v) is 6.92. The number of rotatable bonds is 11. The third-order valence-electron chi connectivity index (χ3n) is 6.92. The molecule has 36 heavy (non-hydrogen) atoms. The molecule has 0 unspecified atom stereocenters. The summed E-state index contributed by atoms with van der Waals surface area (Å²) >= 11 is 0. The third kappa shape index (κ3) is 8.19. The lowest BCUT2D eigenvalue weighted by Crippen LogP contribution is -2.44. The molecule has 2 aromatic carbocycles. The van der Waals surface area contributed by atoms with Crippen LogP contribution in [0.3, 0.4) is 0 Å². The Hall–Kier alpha value is -3.19. The average Bonchev–Trinajstić information content (AvgIpc) is 2.87. The molecule has 7 heteroatoms. The molecule has 2 aromatic rings. The van der Waals surface area contributed by atoms with Gasteiger partial charge >= 0.3 is 5.97 Å². The summed E-state index contributed by atoms with van der Waals surface area (Å²) in [5, 5.41) is 12.9. The number of hydrogen-bond donors (Lipinski definition) is 2. The van der Waals surface area contributed by atoms with Gasteiger partial charge in [0.2, 0.25) is 5.91 Å². The predicted molar refractivity (Wildman–Crippen MR) is 136 cm³/mol. The monoisotopic (exact) mass is 495 g/mol. The number of carbonyl (C=O) groups excluding carboxylic acids is 3. The lowest BCUT2D eigenvalue weighted by atomic mass is 9.79. The van der Waals surface area contributed by atoms with Crippen molar-refractivity contribution in [1.29, 1.82) is 0 Å². The molecule has 194 valence electrons. The summed E-state index contributed by atoms with van der Waals surface area (Å²) in [6.45, 7) is 3.57. The number of methoxy groups -OCH3 is 1. The molecule has 0 aromatic heterocycles. The quantitative estimate of drug-likeness (QED) is 0.457. The molecular weight excluding hydrogens is 458 g/mol. The number of carbonyl (C=O) groups is 3. The minimum atomic E-state index is -0.729. The molecule has 2 N–H and O–H groups in total. The van der Waals surface area contributed by atoms with Gasteiger partial charge in [0, 0.05) is 12.3 Å². The Bertz CT molecular complexity index is 1010. The minimum absolute atomic E-state index is 0.0412. The number of ether oxygens (including phenoxy) is 2. The van der Waals surface area contributed by atoms with Crippen molar-refractivity contribution in [3.63, 3.8) is 0 Å². The highest BCUT2D eigenvalue weighted by atomic mass is 16.5. The number of nitrogens with one attached hydrogen (secondary N) is 1. The summed E-state index contributed by atoms with van der Waals surface area (Å²) in [4.78, 5) is 38.8. The summed E-state index contributed by atoms with van der Waals surface area (Å²) < 4.78 is 10.8. The first kappa shape index (κ1) is 27.4. The molecule has 0 radical (unpaired) electrons. The first-order valence-corrected chi connectivity index (χ1v) is 12.6. The summed E-state index contributed by atoms with van der Waals surface area (Å²) in [5.74, 6) is -1.04. The number of hydrogen-bond acceptors (Lipinski definition) is 6. The zero-order chi connectivity index (χ0) is 26.1. The van der Waals surface area contributed by atoms with Crippen LogP contribution in [0.25, 0.3) is 0 Å². The number of ketones is 1. The van der Waals surface area contributed by atoms with E-state index in [0.717, 1.165) is 11.1 Å². The fourth-order valence-electron chi connectivity index (χ4n) is 4.46. The molecule has 3 rings (SSSR count). The number of benzene rings is 2. The molecule has 7 nitrogen and oxygen atoms in total. The maximum Gasteiger partial charge on any atom is 0.310 e. The van der Waals surface area contributed by atoms with Crippen LogP contribution in [0.2, 0.25) is 0 Å². The minimum Gasteiger partial charge on any atom is -0.497 e. The highest BCUT2D eigenvalue weighted by Gasteiger charge is 2.33. The Kier molecular flexibility index (Phi) is 9.65. The zero-order valence-electron chi connectivity index (χ0n) is 21.4. The van der Waals surface area contributed by atoms with E-state index in [0.29, 0.717) is 37.9 Å². The number of esters is 1. The van der Waals surface area contributed by atoms with Crippen LogP contribution in [-0.2, 0) is 32.1 Å². The number of aliphatic hydroxyl groups is 1. The highest BCUT2D eigenvalue weighted by Crippen LogP contribution is 2.31. The second-order valence-electron chi connectivity index (χ2n) is 10.0. The van der Waals surface area contributed by atoms with Gasteiger partial charge in [-0.05, 0) is 69.2 Å². The lowest BCUT2D eigenvalue weighted by Gasteiger charge is -2.32. The van der Waals surface area contributed by atoms with Crippen molar-refractivity contribution in [3.05, 3.63) is 65.7 Å².